The number of nitrogens with two attached hydrogens (primary N) is 2. The SMILES string of the molecule is Cc1c(C(N)=O)sc(N)c1C(=O)OC(C)(C)C. The van der Waals surface area contributed by atoms with Crippen LogP contribution in [0, 0.1) is 6.92 Å². The molecular formula is C11H16N2O3S. The Bertz CT molecular complexity index is 472. The van der Waals surface area contributed by atoms with E-state index in [1.807, 2.05) is 0 Å². The largest absolute Gasteiger partial charge is 0.456 e. The highest BCUT2D eigenvalue weighted by Gasteiger charge is 2.26. The van der Waals surface area contributed by atoms with Gasteiger partial charge < -0.3 is 16.2 Å². The number of thiophene rings is 1. The molecule has 0 fully saturated rings. The second kappa shape index (κ2) is 4.37. The zero-order valence-electron chi connectivity index (χ0n) is 10.3. The number of anilines is 1. The molecule has 0 aliphatic heterocycles. The fraction of sp³-hybridized carbons (Fsp3) is 0.455. The summed E-state index contributed by atoms with van der Waals surface area (Å²) >= 11 is 1.01. The maximum absolute atomic E-state index is 11.9. The quantitative estimate of drug-likeness (QED) is 0.787. The molecule has 5 nitrogen and oxygen atoms in total. The van der Waals surface area contributed by atoms with Crippen molar-refractivity contribution in [1.82, 2.24) is 0 Å². The van der Waals surface area contributed by atoms with E-state index in [0.717, 1.165) is 11.3 Å². The van der Waals surface area contributed by atoms with Gasteiger partial charge in [-0.2, -0.15) is 0 Å². The number of rotatable bonds is 2. The van der Waals surface area contributed by atoms with E-state index in [0.29, 0.717) is 10.4 Å². The zero-order chi connectivity index (χ0) is 13.4. The summed E-state index contributed by atoms with van der Waals surface area (Å²) in [7, 11) is 0. The normalized spacial score (nSPS) is 11.3. The van der Waals surface area contributed by atoms with Crippen molar-refractivity contribution >= 4 is 28.2 Å². The maximum atomic E-state index is 11.9. The van der Waals surface area contributed by atoms with Crippen molar-refractivity contribution < 1.29 is 14.3 Å². The fourth-order valence-electron chi connectivity index (χ4n) is 1.35. The summed E-state index contributed by atoms with van der Waals surface area (Å²) in [5, 5.41) is 0.255. The third-order valence-corrected chi connectivity index (χ3v) is 3.14. The second-order valence-corrected chi connectivity index (χ2v) is 5.71. The molecule has 0 spiro atoms. The van der Waals surface area contributed by atoms with E-state index < -0.39 is 17.5 Å². The minimum Gasteiger partial charge on any atom is -0.456 e. The molecule has 1 amide bonds. The Morgan fingerprint density at radius 3 is 2.18 bits per heavy atom. The summed E-state index contributed by atoms with van der Waals surface area (Å²) in [6.07, 6.45) is 0. The van der Waals surface area contributed by atoms with E-state index in [4.69, 9.17) is 16.2 Å². The van der Waals surface area contributed by atoms with Gasteiger partial charge in [-0.1, -0.05) is 0 Å². The van der Waals surface area contributed by atoms with Gasteiger partial charge in [0, 0.05) is 0 Å². The Morgan fingerprint density at radius 1 is 1.29 bits per heavy atom. The molecule has 0 radical (unpaired) electrons. The van der Waals surface area contributed by atoms with Crippen LogP contribution < -0.4 is 11.5 Å². The number of amides is 1. The minimum absolute atomic E-state index is 0.235. The summed E-state index contributed by atoms with van der Waals surface area (Å²) in [5.74, 6) is -1.12. The molecule has 1 aromatic heterocycles. The highest BCUT2D eigenvalue weighted by atomic mass is 32.1. The number of nitrogen functional groups attached to an aromatic ring is 1. The molecular weight excluding hydrogens is 240 g/mol. The van der Waals surface area contributed by atoms with Gasteiger partial charge in [-0.15, -0.1) is 11.3 Å². The second-order valence-electron chi connectivity index (χ2n) is 4.66. The molecule has 0 saturated carbocycles. The zero-order valence-corrected chi connectivity index (χ0v) is 11.1. The fourth-order valence-corrected chi connectivity index (χ4v) is 2.27. The lowest BCUT2D eigenvalue weighted by atomic mass is 10.1. The van der Waals surface area contributed by atoms with E-state index >= 15 is 0 Å². The molecule has 1 aromatic rings. The van der Waals surface area contributed by atoms with Crippen LogP contribution in [0.5, 0.6) is 0 Å². The van der Waals surface area contributed by atoms with Crippen LogP contribution in [-0.4, -0.2) is 17.5 Å². The van der Waals surface area contributed by atoms with Gasteiger partial charge in [-0.05, 0) is 33.3 Å². The first-order valence-electron chi connectivity index (χ1n) is 5.05. The summed E-state index contributed by atoms with van der Waals surface area (Å²) in [6, 6.07) is 0. The molecule has 0 bridgehead atoms. The van der Waals surface area contributed by atoms with Gasteiger partial charge in [0.05, 0.1) is 10.4 Å². The van der Waals surface area contributed by atoms with Gasteiger partial charge in [0.1, 0.15) is 10.6 Å². The van der Waals surface area contributed by atoms with E-state index in [1.54, 1.807) is 27.7 Å². The number of primary amides is 1. The van der Waals surface area contributed by atoms with Crippen molar-refractivity contribution in [2.24, 2.45) is 5.73 Å². The lowest BCUT2D eigenvalue weighted by Crippen LogP contribution is -2.24. The van der Waals surface area contributed by atoms with Crippen molar-refractivity contribution in [3.05, 3.63) is 16.0 Å². The van der Waals surface area contributed by atoms with Gasteiger partial charge in [0.2, 0.25) is 0 Å². The first kappa shape index (κ1) is 13.5. The molecule has 1 rings (SSSR count). The number of hydrogen-bond donors (Lipinski definition) is 2. The van der Waals surface area contributed by atoms with Crippen molar-refractivity contribution in [3.8, 4) is 0 Å². The van der Waals surface area contributed by atoms with E-state index in [-0.39, 0.29) is 10.6 Å². The molecule has 0 saturated heterocycles. The van der Waals surface area contributed by atoms with E-state index in [9.17, 15) is 9.59 Å². The molecule has 0 aliphatic rings. The highest BCUT2D eigenvalue weighted by molar-refractivity contribution is 7.18. The van der Waals surface area contributed by atoms with Gasteiger partial charge in [0.15, 0.2) is 0 Å². The molecule has 6 heteroatoms. The van der Waals surface area contributed by atoms with Crippen molar-refractivity contribution in [2.75, 3.05) is 5.73 Å². The van der Waals surface area contributed by atoms with Crippen molar-refractivity contribution in [3.63, 3.8) is 0 Å². The number of carbonyl (C=O) groups excluding carboxylic acids is 2. The summed E-state index contributed by atoms with van der Waals surface area (Å²) in [4.78, 5) is 23.3. The van der Waals surface area contributed by atoms with Crippen LogP contribution in [0.2, 0.25) is 0 Å². The van der Waals surface area contributed by atoms with Gasteiger partial charge >= 0.3 is 5.97 Å². The average molecular weight is 256 g/mol. The van der Waals surface area contributed by atoms with Crippen LogP contribution in [0.25, 0.3) is 0 Å². The number of ether oxygens (including phenoxy) is 1. The lowest BCUT2D eigenvalue weighted by molar-refractivity contribution is 0.00706. The summed E-state index contributed by atoms with van der Waals surface area (Å²) in [5.41, 5.74) is 11.0. The van der Waals surface area contributed by atoms with Crippen molar-refractivity contribution in [2.45, 2.75) is 33.3 Å². The molecule has 4 N–H and O–H groups in total. The number of carbonyl (C=O) groups is 2. The summed E-state index contributed by atoms with van der Waals surface area (Å²) in [6.45, 7) is 6.92. The predicted molar refractivity (Wildman–Crippen MR) is 67.2 cm³/mol. The van der Waals surface area contributed by atoms with E-state index in [1.165, 1.54) is 0 Å². The Morgan fingerprint density at radius 2 is 1.82 bits per heavy atom. The van der Waals surface area contributed by atoms with Crippen LogP contribution in [0.4, 0.5) is 5.00 Å². The third kappa shape index (κ3) is 2.97. The molecule has 0 unspecified atom stereocenters. The predicted octanol–water partition coefficient (Wildman–Crippen LogP) is 1.69. The maximum Gasteiger partial charge on any atom is 0.341 e. The van der Waals surface area contributed by atoms with Crippen LogP contribution in [0.3, 0.4) is 0 Å². The van der Waals surface area contributed by atoms with Gasteiger partial charge in [0.25, 0.3) is 5.91 Å². The van der Waals surface area contributed by atoms with Crippen LogP contribution in [0.15, 0.2) is 0 Å². The Kier molecular flexibility index (Phi) is 3.47. The topological polar surface area (TPSA) is 95.4 Å². The molecule has 1 heterocycles. The first-order chi connectivity index (χ1) is 7.63. The first-order valence-corrected chi connectivity index (χ1v) is 5.87. The van der Waals surface area contributed by atoms with Gasteiger partial charge in [-0.3, -0.25) is 4.79 Å². The molecule has 94 valence electrons. The van der Waals surface area contributed by atoms with E-state index in [2.05, 4.69) is 0 Å². The number of hydrogen-bond acceptors (Lipinski definition) is 5. The minimum atomic E-state index is -0.606. The van der Waals surface area contributed by atoms with Crippen molar-refractivity contribution in [1.29, 1.82) is 0 Å². The number of esters is 1. The Balaban J connectivity index is 3.15. The molecule has 0 aromatic carbocycles. The monoisotopic (exact) mass is 256 g/mol. The van der Waals surface area contributed by atoms with Crippen LogP contribution in [0.1, 0.15) is 46.4 Å². The molecule has 0 aliphatic carbocycles. The van der Waals surface area contributed by atoms with Crippen LogP contribution in [-0.2, 0) is 4.74 Å². The third-order valence-electron chi connectivity index (χ3n) is 2.00. The Hall–Kier alpha value is -1.56. The highest BCUT2D eigenvalue weighted by Crippen LogP contribution is 2.31. The molecule has 17 heavy (non-hydrogen) atoms. The van der Waals surface area contributed by atoms with Crippen LogP contribution >= 0.6 is 11.3 Å². The standard InChI is InChI=1S/C11H16N2O3S/c1-5-6(10(15)16-11(2,3)4)9(13)17-7(5)8(12)14/h13H2,1-4H3,(H2,12,14). The van der Waals surface area contributed by atoms with Gasteiger partial charge in [-0.25, -0.2) is 4.79 Å². The Labute approximate surface area is 104 Å². The molecule has 0 atom stereocenters. The average Bonchev–Trinajstić information content (AvgIpc) is 2.38. The summed E-state index contributed by atoms with van der Waals surface area (Å²) < 4.78 is 5.21. The smallest absolute Gasteiger partial charge is 0.341 e. The lowest BCUT2D eigenvalue weighted by Gasteiger charge is -2.19.